The Kier molecular flexibility index (Phi) is 3.28. The highest BCUT2D eigenvalue weighted by atomic mass is 35.5. The maximum Gasteiger partial charge on any atom is 0.145 e. The van der Waals surface area contributed by atoms with Crippen LogP contribution in [0.5, 0.6) is 0 Å². The van der Waals surface area contributed by atoms with E-state index in [4.69, 9.17) is 17.3 Å². The summed E-state index contributed by atoms with van der Waals surface area (Å²) in [5.74, 6) is -0.324. The zero-order valence-corrected chi connectivity index (χ0v) is 8.58. The predicted molar refractivity (Wildman–Crippen MR) is 53.6 cm³/mol. The van der Waals surface area contributed by atoms with E-state index >= 15 is 0 Å². The number of hydrogen-bond donors (Lipinski definition) is 1. The molecule has 1 rings (SSSR count). The first-order valence-electron chi connectivity index (χ1n) is 4.22. The number of halogens is 2. The molecule has 0 atom stereocenters. The summed E-state index contributed by atoms with van der Waals surface area (Å²) < 4.78 is 13.4. The largest absolute Gasteiger partial charge is 0.330 e. The van der Waals surface area contributed by atoms with Crippen LogP contribution >= 0.6 is 11.6 Å². The molecule has 0 radical (unpaired) electrons. The van der Waals surface area contributed by atoms with Crippen LogP contribution in [0.25, 0.3) is 0 Å². The van der Waals surface area contributed by atoms with Crippen LogP contribution in [0.2, 0.25) is 5.02 Å². The van der Waals surface area contributed by atoms with E-state index in [2.05, 4.69) is 0 Å². The van der Waals surface area contributed by atoms with Crippen molar-refractivity contribution in [1.82, 2.24) is 0 Å². The second-order valence-corrected chi connectivity index (χ2v) is 3.54. The Morgan fingerprint density at radius 3 is 2.62 bits per heavy atom. The Morgan fingerprint density at radius 1 is 1.46 bits per heavy atom. The molecule has 0 saturated carbocycles. The van der Waals surface area contributed by atoms with Gasteiger partial charge >= 0.3 is 0 Å². The van der Waals surface area contributed by atoms with Gasteiger partial charge in [-0.1, -0.05) is 11.6 Å². The lowest BCUT2D eigenvalue weighted by molar-refractivity contribution is 0.607. The highest BCUT2D eigenvalue weighted by molar-refractivity contribution is 6.30. The van der Waals surface area contributed by atoms with Crippen LogP contribution in [-0.4, -0.2) is 6.54 Å². The van der Waals surface area contributed by atoms with Crippen molar-refractivity contribution < 1.29 is 4.39 Å². The summed E-state index contributed by atoms with van der Waals surface area (Å²) in [6.07, 6.45) is 0.541. The lowest BCUT2D eigenvalue weighted by Crippen LogP contribution is -2.07. The average Bonchev–Trinajstić information content (AvgIpc) is 2.09. The number of benzene rings is 1. The molecule has 0 heterocycles. The average molecular weight is 202 g/mol. The smallest absolute Gasteiger partial charge is 0.145 e. The summed E-state index contributed by atoms with van der Waals surface area (Å²) in [7, 11) is 0. The molecule has 0 bridgehead atoms. The van der Waals surface area contributed by atoms with Crippen molar-refractivity contribution in [3.8, 4) is 0 Å². The fourth-order valence-corrected chi connectivity index (χ4v) is 1.63. The normalized spacial score (nSPS) is 10.5. The maximum atomic E-state index is 13.4. The van der Waals surface area contributed by atoms with Gasteiger partial charge in [-0.3, -0.25) is 0 Å². The van der Waals surface area contributed by atoms with Crippen molar-refractivity contribution in [3.05, 3.63) is 33.6 Å². The summed E-state index contributed by atoms with van der Waals surface area (Å²) in [5, 5.41) is 0.187. The van der Waals surface area contributed by atoms with Crippen LogP contribution in [0.3, 0.4) is 0 Å². The number of nitrogens with two attached hydrogens (primary N) is 1. The minimum atomic E-state index is -0.324. The molecule has 0 saturated heterocycles. The SMILES string of the molecule is Cc1cc(Cl)c(F)c(CCN)c1C. The third kappa shape index (κ3) is 2.01. The van der Waals surface area contributed by atoms with Gasteiger partial charge in [-0.2, -0.15) is 0 Å². The van der Waals surface area contributed by atoms with E-state index in [0.717, 1.165) is 11.1 Å². The molecule has 1 aromatic rings. The number of rotatable bonds is 2. The fraction of sp³-hybridized carbons (Fsp3) is 0.400. The molecule has 0 spiro atoms. The first kappa shape index (κ1) is 10.5. The fourth-order valence-electron chi connectivity index (χ4n) is 1.35. The summed E-state index contributed by atoms with van der Waals surface area (Å²) in [5.41, 5.74) is 7.99. The third-order valence-electron chi connectivity index (χ3n) is 2.26. The van der Waals surface area contributed by atoms with Gasteiger partial charge in [0.25, 0.3) is 0 Å². The molecular formula is C10H13ClFN. The van der Waals surface area contributed by atoms with Gasteiger partial charge in [0, 0.05) is 0 Å². The van der Waals surface area contributed by atoms with E-state index in [1.54, 1.807) is 6.07 Å². The van der Waals surface area contributed by atoms with E-state index in [-0.39, 0.29) is 10.8 Å². The molecule has 0 aliphatic heterocycles. The maximum absolute atomic E-state index is 13.4. The van der Waals surface area contributed by atoms with E-state index in [0.29, 0.717) is 18.5 Å². The van der Waals surface area contributed by atoms with Crippen LogP contribution in [0, 0.1) is 19.7 Å². The van der Waals surface area contributed by atoms with Crippen molar-refractivity contribution >= 4 is 11.6 Å². The minimum Gasteiger partial charge on any atom is -0.330 e. The Bertz CT molecular complexity index is 297. The molecule has 0 amide bonds. The van der Waals surface area contributed by atoms with Gasteiger partial charge < -0.3 is 5.73 Å². The highest BCUT2D eigenvalue weighted by Gasteiger charge is 2.11. The first-order valence-corrected chi connectivity index (χ1v) is 4.60. The topological polar surface area (TPSA) is 26.0 Å². The lowest BCUT2D eigenvalue weighted by atomic mass is 10.0. The van der Waals surface area contributed by atoms with E-state index < -0.39 is 0 Å². The lowest BCUT2D eigenvalue weighted by Gasteiger charge is -2.10. The molecular weight excluding hydrogens is 189 g/mol. The zero-order valence-electron chi connectivity index (χ0n) is 7.82. The summed E-state index contributed by atoms with van der Waals surface area (Å²) in [4.78, 5) is 0. The second kappa shape index (κ2) is 4.07. The molecule has 2 N–H and O–H groups in total. The number of hydrogen-bond acceptors (Lipinski definition) is 1. The van der Waals surface area contributed by atoms with E-state index in [1.807, 2.05) is 13.8 Å². The second-order valence-electron chi connectivity index (χ2n) is 3.13. The van der Waals surface area contributed by atoms with Crippen LogP contribution < -0.4 is 5.73 Å². The van der Waals surface area contributed by atoms with Gasteiger partial charge in [0.1, 0.15) is 5.82 Å². The van der Waals surface area contributed by atoms with E-state index in [1.165, 1.54) is 0 Å². The first-order chi connectivity index (χ1) is 6.07. The van der Waals surface area contributed by atoms with E-state index in [9.17, 15) is 4.39 Å². The van der Waals surface area contributed by atoms with Gasteiger partial charge in [-0.15, -0.1) is 0 Å². The van der Waals surface area contributed by atoms with Crippen molar-refractivity contribution in [3.63, 3.8) is 0 Å². The molecule has 13 heavy (non-hydrogen) atoms. The Hall–Kier alpha value is -0.600. The van der Waals surface area contributed by atoms with Crippen molar-refractivity contribution in [1.29, 1.82) is 0 Å². The predicted octanol–water partition coefficient (Wildman–Crippen LogP) is 2.60. The Labute approximate surface area is 82.7 Å². The highest BCUT2D eigenvalue weighted by Crippen LogP contribution is 2.24. The van der Waals surface area contributed by atoms with Crippen molar-refractivity contribution in [2.24, 2.45) is 5.73 Å². The number of aryl methyl sites for hydroxylation is 1. The zero-order chi connectivity index (χ0) is 10.0. The van der Waals surface area contributed by atoms with Crippen LogP contribution in [0.1, 0.15) is 16.7 Å². The van der Waals surface area contributed by atoms with Gasteiger partial charge in [0.2, 0.25) is 0 Å². The standard InChI is InChI=1S/C10H13ClFN/c1-6-5-9(11)10(12)8(3-4-13)7(6)2/h5H,3-4,13H2,1-2H3. The van der Waals surface area contributed by atoms with Gasteiger partial charge in [-0.05, 0) is 49.6 Å². The third-order valence-corrected chi connectivity index (χ3v) is 2.53. The Balaban J connectivity index is 3.28. The van der Waals surface area contributed by atoms with Gasteiger partial charge in [-0.25, -0.2) is 4.39 Å². The molecule has 0 unspecified atom stereocenters. The summed E-state index contributed by atoms with van der Waals surface area (Å²) in [6.45, 7) is 4.25. The molecule has 0 aromatic heterocycles. The van der Waals surface area contributed by atoms with Crippen molar-refractivity contribution in [2.45, 2.75) is 20.3 Å². The molecule has 0 aliphatic rings. The molecule has 0 fully saturated rings. The molecule has 72 valence electrons. The van der Waals surface area contributed by atoms with Crippen LogP contribution in [-0.2, 0) is 6.42 Å². The quantitative estimate of drug-likeness (QED) is 0.782. The molecule has 1 aromatic carbocycles. The molecule has 1 nitrogen and oxygen atoms in total. The van der Waals surface area contributed by atoms with Gasteiger partial charge in [0.15, 0.2) is 0 Å². The van der Waals surface area contributed by atoms with Crippen LogP contribution in [0.4, 0.5) is 4.39 Å². The van der Waals surface area contributed by atoms with Gasteiger partial charge in [0.05, 0.1) is 5.02 Å². The van der Waals surface area contributed by atoms with Crippen molar-refractivity contribution in [2.75, 3.05) is 6.54 Å². The summed E-state index contributed by atoms with van der Waals surface area (Å²) in [6, 6.07) is 1.65. The van der Waals surface area contributed by atoms with Crippen LogP contribution in [0.15, 0.2) is 6.07 Å². The summed E-state index contributed by atoms with van der Waals surface area (Å²) >= 11 is 5.71. The molecule has 0 aliphatic carbocycles. The minimum absolute atomic E-state index is 0.187. The molecule has 3 heteroatoms. The monoisotopic (exact) mass is 201 g/mol. The Morgan fingerprint density at radius 2 is 2.08 bits per heavy atom.